The van der Waals surface area contributed by atoms with Gasteiger partial charge in [0.25, 0.3) is 0 Å². The molecule has 0 amide bonds. The van der Waals surface area contributed by atoms with Crippen LogP contribution in [0.15, 0.2) is 6.07 Å². The SMILES string of the molecule is COc1c(C2(CN)CCC2)cc(Cl)c(C=O)c1OC. The van der Waals surface area contributed by atoms with Crippen molar-refractivity contribution in [1.29, 1.82) is 0 Å². The molecule has 0 spiro atoms. The maximum atomic E-state index is 11.1. The molecule has 1 saturated carbocycles. The molecule has 2 N–H and O–H groups in total. The number of carbonyl (C=O) groups excluding carboxylic acids is 1. The Hall–Kier alpha value is -1.26. The molecule has 0 aliphatic heterocycles. The van der Waals surface area contributed by atoms with Crippen LogP contribution in [0.4, 0.5) is 0 Å². The molecule has 0 heterocycles. The zero-order valence-corrected chi connectivity index (χ0v) is 11.9. The lowest BCUT2D eigenvalue weighted by molar-refractivity contribution is 0.111. The van der Waals surface area contributed by atoms with Gasteiger partial charge in [-0.15, -0.1) is 0 Å². The summed E-state index contributed by atoms with van der Waals surface area (Å²) in [6.45, 7) is 0.531. The van der Waals surface area contributed by atoms with E-state index in [1.54, 1.807) is 13.2 Å². The summed E-state index contributed by atoms with van der Waals surface area (Å²) in [5.74, 6) is 0.957. The van der Waals surface area contributed by atoms with E-state index in [2.05, 4.69) is 0 Å². The Balaban J connectivity index is 2.67. The highest BCUT2D eigenvalue weighted by molar-refractivity contribution is 6.33. The molecule has 1 aromatic carbocycles. The molecule has 0 bridgehead atoms. The number of carbonyl (C=O) groups is 1. The van der Waals surface area contributed by atoms with E-state index in [1.165, 1.54) is 7.11 Å². The summed E-state index contributed by atoms with van der Waals surface area (Å²) in [4.78, 5) is 11.1. The highest BCUT2D eigenvalue weighted by atomic mass is 35.5. The number of rotatable bonds is 5. The maximum Gasteiger partial charge on any atom is 0.173 e. The van der Waals surface area contributed by atoms with Gasteiger partial charge in [0, 0.05) is 17.5 Å². The van der Waals surface area contributed by atoms with Crippen molar-refractivity contribution in [2.75, 3.05) is 20.8 Å². The molecule has 1 aromatic rings. The van der Waals surface area contributed by atoms with Gasteiger partial charge in [-0.1, -0.05) is 18.0 Å². The third-order valence-corrected chi connectivity index (χ3v) is 4.34. The van der Waals surface area contributed by atoms with Gasteiger partial charge < -0.3 is 15.2 Å². The largest absolute Gasteiger partial charge is 0.493 e. The third-order valence-electron chi connectivity index (χ3n) is 4.02. The Morgan fingerprint density at radius 3 is 2.37 bits per heavy atom. The van der Waals surface area contributed by atoms with Crippen molar-refractivity contribution in [3.63, 3.8) is 0 Å². The van der Waals surface area contributed by atoms with Gasteiger partial charge in [-0.2, -0.15) is 0 Å². The number of hydrogen-bond donors (Lipinski definition) is 1. The summed E-state index contributed by atoms with van der Waals surface area (Å²) in [6.07, 6.45) is 3.82. The van der Waals surface area contributed by atoms with Crippen LogP contribution < -0.4 is 15.2 Å². The molecule has 0 radical (unpaired) electrons. The zero-order chi connectivity index (χ0) is 14.0. The number of halogens is 1. The Morgan fingerprint density at radius 2 is 2.00 bits per heavy atom. The van der Waals surface area contributed by atoms with Crippen molar-refractivity contribution in [1.82, 2.24) is 0 Å². The Morgan fingerprint density at radius 1 is 1.37 bits per heavy atom. The van der Waals surface area contributed by atoms with Crippen LogP contribution in [0.25, 0.3) is 0 Å². The second-order valence-electron chi connectivity index (χ2n) is 4.84. The topological polar surface area (TPSA) is 61.5 Å². The van der Waals surface area contributed by atoms with Gasteiger partial charge in [0.05, 0.1) is 24.8 Å². The number of ether oxygens (including phenoxy) is 2. The van der Waals surface area contributed by atoms with Gasteiger partial charge >= 0.3 is 0 Å². The van der Waals surface area contributed by atoms with Gasteiger partial charge in [-0.3, -0.25) is 4.79 Å². The van der Waals surface area contributed by atoms with Gasteiger partial charge in [0.1, 0.15) is 0 Å². The lowest BCUT2D eigenvalue weighted by Gasteiger charge is -2.42. The molecule has 5 heteroatoms. The van der Waals surface area contributed by atoms with Crippen molar-refractivity contribution in [3.8, 4) is 11.5 Å². The van der Waals surface area contributed by atoms with E-state index in [1.807, 2.05) is 0 Å². The van der Waals surface area contributed by atoms with E-state index in [0.717, 1.165) is 24.8 Å². The van der Waals surface area contributed by atoms with Crippen LogP contribution in [-0.4, -0.2) is 27.1 Å². The number of benzene rings is 1. The van der Waals surface area contributed by atoms with Crippen molar-refractivity contribution in [3.05, 3.63) is 22.2 Å². The fourth-order valence-electron chi connectivity index (χ4n) is 2.72. The number of aldehydes is 1. The molecular weight excluding hydrogens is 266 g/mol. The average Bonchev–Trinajstić information content (AvgIpc) is 2.37. The molecule has 0 atom stereocenters. The van der Waals surface area contributed by atoms with E-state index >= 15 is 0 Å². The molecule has 1 aliphatic carbocycles. The van der Waals surface area contributed by atoms with Gasteiger partial charge in [-0.05, 0) is 18.9 Å². The number of hydrogen-bond acceptors (Lipinski definition) is 4. The smallest absolute Gasteiger partial charge is 0.173 e. The molecule has 2 rings (SSSR count). The van der Waals surface area contributed by atoms with Crippen molar-refractivity contribution in [2.24, 2.45) is 5.73 Å². The van der Waals surface area contributed by atoms with E-state index in [0.29, 0.717) is 34.9 Å². The third kappa shape index (κ3) is 2.09. The molecule has 19 heavy (non-hydrogen) atoms. The highest BCUT2D eigenvalue weighted by Crippen LogP contribution is 2.51. The minimum absolute atomic E-state index is 0.107. The highest BCUT2D eigenvalue weighted by Gasteiger charge is 2.41. The summed E-state index contributed by atoms with van der Waals surface area (Å²) >= 11 is 6.18. The van der Waals surface area contributed by atoms with Crippen LogP contribution >= 0.6 is 11.6 Å². The number of nitrogens with two attached hydrogens (primary N) is 1. The molecule has 0 aromatic heterocycles. The summed E-state index contributed by atoms with van der Waals surface area (Å²) in [5, 5.41) is 0.377. The fraction of sp³-hybridized carbons (Fsp3) is 0.500. The summed E-state index contributed by atoms with van der Waals surface area (Å²) in [5.41, 5.74) is 7.08. The standard InChI is InChI=1S/C14H18ClNO3/c1-18-12-9(7-17)11(15)6-10(13(12)19-2)14(8-16)4-3-5-14/h6-7H,3-5,8,16H2,1-2H3. The normalized spacial score (nSPS) is 16.6. The summed E-state index contributed by atoms with van der Waals surface area (Å²) in [6, 6.07) is 1.79. The predicted octanol–water partition coefficient (Wildman–Crippen LogP) is 2.55. The molecule has 1 aliphatic rings. The number of methoxy groups -OCH3 is 2. The molecule has 0 unspecified atom stereocenters. The van der Waals surface area contributed by atoms with Crippen molar-refractivity contribution < 1.29 is 14.3 Å². The van der Waals surface area contributed by atoms with Crippen LogP contribution in [0.2, 0.25) is 5.02 Å². The van der Waals surface area contributed by atoms with Crippen LogP contribution in [0.3, 0.4) is 0 Å². The molecule has 1 fully saturated rings. The van der Waals surface area contributed by atoms with Gasteiger partial charge in [-0.25, -0.2) is 0 Å². The minimum Gasteiger partial charge on any atom is -0.493 e. The summed E-state index contributed by atoms with van der Waals surface area (Å²) < 4.78 is 10.8. The Labute approximate surface area is 117 Å². The first-order valence-corrected chi connectivity index (χ1v) is 6.61. The van der Waals surface area contributed by atoms with Gasteiger partial charge in [0.15, 0.2) is 17.8 Å². The monoisotopic (exact) mass is 283 g/mol. The predicted molar refractivity (Wildman–Crippen MR) is 74.5 cm³/mol. The zero-order valence-electron chi connectivity index (χ0n) is 11.2. The molecular formula is C14H18ClNO3. The Kier molecular flexibility index (Phi) is 4.02. The lowest BCUT2D eigenvalue weighted by Crippen LogP contribution is -2.41. The average molecular weight is 284 g/mol. The van der Waals surface area contributed by atoms with Gasteiger partial charge in [0.2, 0.25) is 0 Å². The lowest BCUT2D eigenvalue weighted by atomic mass is 9.64. The first-order valence-electron chi connectivity index (χ1n) is 6.23. The van der Waals surface area contributed by atoms with Crippen LogP contribution in [-0.2, 0) is 5.41 Å². The Bertz CT molecular complexity index is 492. The van der Waals surface area contributed by atoms with E-state index in [4.69, 9.17) is 26.8 Å². The maximum absolute atomic E-state index is 11.1. The molecule has 104 valence electrons. The van der Waals surface area contributed by atoms with Crippen LogP contribution in [0, 0.1) is 0 Å². The minimum atomic E-state index is -0.107. The molecule has 4 nitrogen and oxygen atoms in total. The van der Waals surface area contributed by atoms with Crippen LogP contribution in [0.1, 0.15) is 35.2 Å². The second-order valence-corrected chi connectivity index (χ2v) is 5.25. The quantitative estimate of drug-likeness (QED) is 0.844. The van der Waals surface area contributed by atoms with E-state index in [-0.39, 0.29) is 5.41 Å². The van der Waals surface area contributed by atoms with E-state index < -0.39 is 0 Å². The summed E-state index contributed by atoms with van der Waals surface area (Å²) in [7, 11) is 3.06. The molecule has 0 saturated heterocycles. The van der Waals surface area contributed by atoms with Crippen LogP contribution in [0.5, 0.6) is 11.5 Å². The first kappa shape index (κ1) is 14.2. The fourth-order valence-corrected chi connectivity index (χ4v) is 2.96. The second kappa shape index (κ2) is 5.39. The van der Waals surface area contributed by atoms with E-state index in [9.17, 15) is 4.79 Å². The first-order chi connectivity index (χ1) is 9.13. The van der Waals surface area contributed by atoms with Crippen molar-refractivity contribution in [2.45, 2.75) is 24.7 Å². The van der Waals surface area contributed by atoms with Crippen molar-refractivity contribution >= 4 is 17.9 Å².